The monoisotopic (exact) mass is 386 g/mol. The van der Waals surface area contributed by atoms with Crippen molar-refractivity contribution in [2.75, 3.05) is 12.4 Å². The van der Waals surface area contributed by atoms with Crippen LogP contribution in [0.5, 0.6) is 5.75 Å². The van der Waals surface area contributed by atoms with Crippen molar-refractivity contribution in [3.05, 3.63) is 78.3 Å². The van der Waals surface area contributed by atoms with Crippen LogP contribution in [0.3, 0.4) is 0 Å². The Labute approximate surface area is 157 Å². The maximum absolute atomic E-state index is 12.3. The number of benzene rings is 2. The molecule has 2 aromatic carbocycles. The van der Waals surface area contributed by atoms with Gasteiger partial charge in [0.05, 0.1) is 24.8 Å². The lowest BCUT2D eigenvalue weighted by Gasteiger charge is -2.08. The second-order valence-electron chi connectivity index (χ2n) is 5.61. The maximum atomic E-state index is 12.3. The van der Waals surface area contributed by atoms with Crippen molar-refractivity contribution in [2.45, 2.75) is 11.4 Å². The molecular weight excluding hydrogens is 368 g/mol. The molecule has 8 heteroatoms. The van der Waals surface area contributed by atoms with E-state index in [-0.39, 0.29) is 17.3 Å². The molecule has 7 nitrogen and oxygen atoms in total. The van der Waals surface area contributed by atoms with Crippen molar-refractivity contribution in [2.24, 2.45) is 0 Å². The van der Waals surface area contributed by atoms with E-state index in [4.69, 9.17) is 9.15 Å². The molecule has 0 spiro atoms. The Morgan fingerprint density at radius 2 is 1.74 bits per heavy atom. The normalized spacial score (nSPS) is 11.1. The molecular formula is C19H18N2O5S. The minimum Gasteiger partial charge on any atom is -0.497 e. The average molecular weight is 386 g/mol. The van der Waals surface area contributed by atoms with E-state index in [1.54, 1.807) is 43.5 Å². The Kier molecular flexibility index (Phi) is 5.58. The third kappa shape index (κ3) is 4.75. The summed E-state index contributed by atoms with van der Waals surface area (Å²) in [6.07, 6.45) is 1.48. The number of nitrogens with one attached hydrogen (secondary N) is 2. The lowest BCUT2D eigenvalue weighted by atomic mass is 10.2. The third-order valence-corrected chi connectivity index (χ3v) is 5.21. The van der Waals surface area contributed by atoms with Gasteiger partial charge in [-0.15, -0.1) is 0 Å². The van der Waals surface area contributed by atoms with Gasteiger partial charge >= 0.3 is 0 Å². The number of amides is 1. The first kappa shape index (κ1) is 18.7. The quantitative estimate of drug-likeness (QED) is 0.650. The van der Waals surface area contributed by atoms with Gasteiger partial charge in [-0.1, -0.05) is 0 Å². The van der Waals surface area contributed by atoms with Crippen molar-refractivity contribution in [1.82, 2.24) is 4.72 Å². The molecule has 140 valence electrons. The minimum absolute atomic E-state index is 0.0608. The predicted octanol–water partition coefficient (Wildman–Crippen LogP) is 3.02. The zero-order chi connectivity index (χ0) is 19.3. The van der Waals surface area contributed by atoms with Crippen LogP contribution in [0.25, 0.3) is 0 Å². The minimum atomic E-state index is -3.68. The summed E-state index contributed by atoms with van der Waals surface area (Å²) in [5.74, 6) is 0.870. The second-order valence-corrected chi connectivity index (χ2v) is 7.38. The molecule has 0 saturated carbocycles. The van der Waals surface area contributed by atoms with Crippen molar-refractivity contribution < 1.29 is 22.4 Å². The Morgan fingerprint density at radius 3 is 2.33 bits per heavy atom. The number of rotatable bonds is 7. The molecule has 1 amide bonds. The number of furan rings is 1. The van der Waals surface area contributed by atoms with E-state index in [9.17, 15) is 13.2 Å². The lowest BCUT2D eigenvalue weighted by Crippen LogP contribution is -2.23. The Balaban J connectivity index is 1.64. The molecule has 0 radical (unpaired) electrons. The zero-order valence-corrected chi connectivity index (χ0v) is 15.3. The highest BCUT2D eigenvalue weighted by atomic mass is 32.2. The molecule has 0 atom stereocenters. The first-order valence-corrected chi connectivity index (χ1v) is 9.54. The molecule has 0 aliphatic heterocycles. The van der Waals surface area contributed by atoms with E-state index >= 15 is 0 Å². The predicted molar refractivity (Wildman–Crippen MR) is 100 cm³/mol. The van der Waals surface area contributed by atoms with Gasteiger partial charge in [0.1, 0.15) is 11.5 Å². The highest BCUT2D eigenvalue weighted by Gasteiger charge is 2.15. The highest BCUT2D eigenvalue weighted by molar-refractivity contribution is 7.89. The second kappa shape index (κ2) is 8.07. The number of hydrogen-bond acceptors (Lipinski definition) is 5. The highest BCUT2D eigenvalue weighted by Crippen LogP contribution is 2.17. The first-order chi connectivity index (χ1) is 13.0. The first-order valence-electron chi connectivity index (χ1n) is 8.05. The molecule has 1 aromatic heterocycles. The van der Waals surface area contributed by atoms with Gasteiger partial charge in [0.15, 0.2) is 0 Å². The SMILES string of the molecule is COc1ccc(C(=O)Nc2ccc(S(=O)(=O)NCc3ccco3)cc2)cc1. The van der Waals surface area contributed by atoms with Crippen LogP contribution in [0.4, 0.5) is 5.69 Å². The number of sulfonamides is 1. The molecule has 0 fully saturated rings. The average Bonchev–Trinajstić information content (AvgIpc) is 3.21. The molecule has 0 aliphatic carbocycles. The van der Waals surface area contributed by atoms with Crippen molar-refractivity contribution in [3.8, 4) is 5.75 Å². The summed E-state index contributed by atoms with van der Waals surface area (Å²) in [6, 6.07) is 15.9. The molecule has 2 N–H and O–H groups in total. The summed E-state index contributed by atoms with van der Waals surface area (Å²) >= 11 is 0. The Morgan fingerprint density at radius 1 is 1.04 bits per heavy atom. The van der Waals surface area contributed by atoms with E-state index < -0.39 is 10.0 Å². The number of methoxy groups -OCH3 is 1. The summed E-state index contributed by atoms with van der Waals surface area (Å²) < 4.78 is 37.2. The Bertz CT molecular complexity index is 995. The largest absolute Gasteiger partial charge is 0.497 e. The number of carbonyl (C=O) groups is 1. The smallest absolute Gasteiger partial charge is 0.255 e. The standard InChI is InChI=1S/C19H18N2O5S/c1-25-16-8-4-14(5-9-16)19(22)21-15-6-10-18(11-7-15)27(23,24)20-13-17-3-2-12-26-17/h2-12,20H,13H2,1H3,(H,21,22). The van der Waals surface area contributed by atoms with Crippen LogP contribution in [0.15, 0.2) is 76.2 Å². The van der Waals surface area contributed by atoms with E-state index in [1.165, 1.54) is 30.5 Å². The Hall–Kier alpha value is -3.10. The fourth-order valence-corrected chi connectivity index (χ4v) is 3.32. The van der Waals surface area contributed by atoms with Crippen LogP contribution in [-0.2, 0) is 16.6 Å². The fraction of sp³-hybridized carbons (Fsp3) is 0.105. The number of carbonyl (C=O) groups excluding carboxylic acids is 1. The van der Waals surface area contributed by atoms with Gasteiger partial charge in [-0.2, -0.15) is 0 Å². The maximum Gasteiger partial charge on any atom is 0.255 e. The molecule has 0 aliphatic rings. The lowest BCUT2D eigenvalue weighted by molar-refractivity contribution is 0.102. The molecule has 0 saturated heterocycles. The summed E-state index contributed by atoms with van der Waals surface area (Å²) in [6.45, 7) is 0.0608. The van der Waals surface area contributed by atoms with Gasteiger partial charge < -0.3 is 14.5 Å². The van der Waals surface area contributed by atoms with Crippen LogP contribution in [-0.4, -0.2) is 21.4 Å². The molecule has 0 bridgehead atoms. The fourth-order valence-electron chi connectivity index (χ4n) is 2.33. The molecule has 0 unspecified atom stereocenters. The zero-order valence-electron chi connectivity index (χ0n) is 14.5. The summed E-state index contributed by atoms with van der Waals surface area (Å²) in [5, 5.41) is 2.72. The van der Waals surface area contributed by atoms with E-state index in [2.05, 4.69) is 10.0 Å². The molecule has 3 rings (SSSR count). The van der Waals surface area contributed by atoms with Crippen LogP contribution < -0.4 is 14.8 Å². The van der Waals surface area contributed by atoms with Gasteiger partial charge in [-0.05, 0) is 60.7 Å². The van der Waals surface area contributed by atoms with Gasteiger partial charge in [-0.25, -0.2) is 13.1 Å². The van der Waals surface area contributed by atoms with Gasteiger partial charge in [0.25, 0.3) is 5.91 Å². The molecule has 3 aromatic rings. The van der Waals surface area contributed by atoms with E-state index in [0.29, 0.717) is 22.8 Å². The number of ether oxygens (including phenoxy) is 1. The van der Waals surface area contributed by atoms with E-state index in [1.807, 2.05) is 0 Å². The molecule has 27 heavy (non-hydrogen) atoms. The van der Waals surface area contributed by atoms with Crippen molar-refractivity contribution in [3.63, 3.8) is 0 Å². The van der Waals surface area contributed by atoms with Crippen molar-refractivity contribution >= 4 is 21.6 Å². The summed E-state index contributed by atoms with van der Waals surface area (Å²) in [4.78, 5) is 12.3. The molecule has 1 heterocycles. The van der Waals surface area contributed by atoms with Gasteiger partial charge in [0, 0.05) is 11.3 Å². The number of hydrogen-bond donors (Lipinski definition) is 2. The summed E-state index contributed by atoms with van der Waals surface area (Å²) in [5.41, 5.74) is 0.952. The van der Waals surface area contributed by atoms with E-state index in [0.717, 1.165) is 0 Å². The van der Waals surface area contributed by atoms with Gasteiger partial charge in [-0.3, -0.25) is 4.79 Å². The third-order valence-electron chi connectivity index (χ3n) is 3.79. The topological polar surface area (TPSA) is 97.6 Å². The van der Waals surface area contributed by atoms with Crippen LogP contribution in [0.1, 0.15) is 16.1 Å². The van der Waals surface area contributed by atoms with Gasteiger partial charge in [0.2, 0.25) is 10.0 Å². The van der Waals surface area contributed by atoms with Crippen molar-refractivity contribution in [1.29, 1.82) is 0 Å². The van der Waals surface area contributed by atoms with Crippen LogP contribution in [0.2, 0.25) is 0 Å². The van der Waals surface area contributed by atoms with Crippen LogP contribution in [0, 0.1) is 0 Å². The van der Waals surface area contributed by atoms with Crippen LogP contribution >= 0.6 is 0 Å². The number of anilines is 1. The summed E-state index contributed by atoms with van der Waals surface area (Å²) in [7, 11) is -2.13.